The minimum absolute atomic E-state index is 0.0409. The number of nitrogens with zero attached hydrogens (tertiary/aromatic N) is 1. The van der Waals surface area contributed by atoms with E-state index in [0.29, 0.717) is 11.3 Å². The molecule has 0 radical (unpaired) electrons. The summed E-state index contributed by atoms with van der Waals surface area (Å²) in [5.74, 6) is -1.12. The van der Waals surface area contributed by atoms with E-state index in [1.165, 1.54) is 6.92 Å². The Hall–Kier alpha value is -2.61. The van der Waals surface area contributed by atoms with Crippen molar-refractivity contribution in [3.63, 3.8) is 0 Å². The van der Waals surface area contributed by atoms with Crippen molar-refractivity contribution in [2.45, 2.75) is 13.3 Å². The highest BCUT2D eigenvalue weighted by atomic mass is 16.2. The highest BCUT2D eigenvalue weighted by Crippen LogP contribution is 2.11. The van der Waals surface area contributed by atoms with Crippen molar-refractivity contribution in [2.75, 3.05) is 5.32 Å². The predicted molar refractivity (Wildman–Crippen MR) is 67.2 cm³/mol. The van der Waals surface area contributed by atoms with Crippen LogP contribution in [-0.4, -0.2) is 11.8 Å². The zero-order valence-corrected chi connectivity index (χ0v) is 9.93. The summed E-state index contributed by atoms with van der Waals surface area (Å²) in [5.41, 5.74) is 5.88. The minimum atomic E-state index is -0.817. The number of rotatable bonds is 4. The number of nitriles is 1. The number of nitrogens with one attached hydrogen (secondary N) is 1. The van der Waals surface area contributed by atoms with Crippen LogP contribution in [0.3, 0.4) is 0 Å². The standard InChI is InChI=1S/C13H13N3O2/c1-9(11(8-14)13(15)18)7-12(17)16-10-5-3-2-4-6-10/h2-6H,7H2,1H3,(H2,15,18)(H,16,17)/b11-9+. The van der Waals surface area contributed by atoms with Crippen LogP contribution in [0.2, 0.25) is 0 Å². The Morgan fingerprint density at radius 3 is 2.44 bits per heavy atom. The fourth-order valence-electron chi connectivity index (χ4n) is 1.42. The van der Waals surface area contributed by atoms with E-state index in [2.05, 4.69) is 5.32 Å². The molecular formula is C13H13N3O2. The molecule has 0 bridgehead atoms. The Kier molecular flexibility index (Phi) is 4.64. The maximum Gasteiger partial charge on any atom is 0.259 e. The zero-order valence-electron chi connectivity index (χ0n) is 9.93. The predicted octanol–water partition coefficient (Wildman–Crippen LogP) is 1.34. The topological polar surface area (TPSA) is 96.0 Å². The van der Waals surface area contributed by atoms with Crippen LogP contribution in [0, 0.1) is 11.3 Å². The molecule has 1 aromatic carbocycles. The van der Waals surface area contributed by atoms with Crippen molar-refractivity contribution in [3.8, 4) is 6.07 Å². The van der Waals surface area contributed by atoms with Crippen LogP contribution >= 0.6 is 0 Å². The third-order valence-corrected chi connectivity index (χ3v) is 2.27. The average molecular weight is 243 g/mol. The third kappa shape index (κ3) is 3.76. The number of hydrogen-bond acceptors (Lipinski definition) is 3. The Morgan fingerprint density at radius 2 is 1.94 bits per heavy atom. The van der Waals surface area contributed by atoms with Gasteiger partial charge in [0, 0.05) is 12.1 Å². The van der Waals surface area contributed by atoms with E-state index in [-0.39, 0.29) is 17.9 Å². The lowest BCUT2D eigenvalue weighted by Gasteiger charge is -2.05. The van der Waals surface area contributed by atoms with E-state index in [9.17, 15) is 9.59 Å². The van der Waals surface area contributed by atoms with Crippen LogP contribution in [-0.2, 0) is 9.59 Å². The van der Waals surface area contributed by atoms with Crippen molar-refractivity contribution in [1.29, 1.82) is 5.26 Å². The molecule has 1 aromatic rings. The van der Waals surface area contributed by atoms with Gasteiger partial charge < -0.3 is 11.1 Å². The van der Waals surface area contributed by atoms with Gasteiger partial charge in [0.2, 0.25) is 5.91 Å². The van der Waals surface area contributed by atoms with E-state index in [1.807, 2.05) is 6.07 Å². The molecule has 0 saturated carbocycles. The number of para-hydroxylation sites is 1. The van der Waals surface area contributed by atoms with Gasteiger partial charge in [-0.15, -0.1) is 0 Å². The quantitative estimate of drug-likeness (QED) is 0.617. The summed E-state index contributed by atoms with van der Waals surface area (Å²) in [5, 5.41) is 11.4. The third-order valence-electron chi connectivity index (χ3n) is 2.27. The molecular weight excluding hydrogens is 230 g/mol. The molecule has 5 nitrogen and oxygen atoms in total. The highest BCUT2D eigenvalue weighted by Gasteiger charge is 2.11. The second-order valence-electron chi connectivity index (χ2n) is 3.72. The molecule has 5 heteroatoms. The molecule has 0 fully saturated rings. The van der Waals surface area contributed by atoms with Gasteiger partial charge in [0.15, 0.2) is 0 Å². The van der Waals surface area contributed by atoms with Crippen LogP contribution in [0.15, 0.2) is 41.5 Å². The summed E-state index contributed by atoms with van der Waals surface area (Å²) in [4.78, 5) is 22.6. The lowest BCUT2D eigenvalue weighted by atomic mass is 10.1. The molecule has 0 heterocycles. The lowest BCUT2D eigenvalue weighted by molar-refractivity contribution is -0.115. The SMILES string of the molecule is C/C(CC(=O)Nc1ccccc1)=C(/C#N)C(N)=O. The van der Waals surface area contributed by atoms with Crippen molar-refractivity contribution in [2.24, 2.45) is 5.73 Å². The summed E-state index contributed by atoms with van der Waals surface area (Å²) in [6.45, 7) is 1.54. The summed E-state index contributed by atoms with van der Waals surface area (Å²) in [7, 11) is 0. The number of benzene rings is 1. The van der Waals surface area contributed by atoms with Gasteiger partial charge in [0.1, 0.15) is 11.6 Å². The largest absolute Gasteiger partial charge is 0.365 e. The van der Waals surface area contributed by atoms with Crippen molar-refractivity contribution in [3.05, 3.63) is 41.5 Å². The molecule has 0 spiro atoms. The smallest absolute Gasteiger partial charge is 0.259 e. The molecule has 3 N–H and O–H groups in total. The number of carbonyl (C=O) groups excluding carboxylic acids is 2. The van der Waals surface area contributed by atoms with Gasteiger partial charge in [-0.1, -0.05) is 18.2 Å². The molecule has 18 heavy (non-hydrogen) atoms. The van der Waals surface area contributed by atoms with Gasteiger partial charge in [0.25, 0.3) is 5.91 Å². The van der Waals surface area contributed by atoms with Crippen molar-refractivity contribution < 1.29 is 9.59 Å². The zero-order chi connectivity index (χ0) is 13.5. The van der Waals surface area contributed by atoms with Gasteiger partial charge in [-0.25, -0.2) is 0 Å². The minimum Gasteiger partial charge on any atom is -0.365 e. The Labute approximate surface area is 105 Å². The van der Waals surface area contributed by atoms with E-state index in [1.54, 1.807) is 30.3 Å². The average Bonchev–Trinajstić information content (AvgIpc) is 2.30. The summed E-state index contributed by atoms with van der Waals surface area (Å²) < 4.78 is 0. The van der Waals surface area contributed by atoms with Crippen molar-refractivity contribution in [1.82, 2.24) is 0 Å². The number of nitrogens with two attached hydrogens (primary N) is 1. The Morgan fingerprint density at radius 1 is 1.33 bits per heavy atom. The molecule has 0 aliphatic heterocycles. The molecule has 0 aliphatic rings. The maximum absolute atomic E-state index is 11.7. The number of carbonyl (C=O) groups is 2. The molecule has 1 rings (SSSR count). The molecule has 92 valence electrons. The monoisotopic (exact) mass is 243 g/mol. The fourth-order valence-corrected chi connectivity index (χ4v) is 1.42. The number of primary amides is 1. The maximum atomic E-state index is 11.7. The van der Waals surface area contributed by atoms with Crippen LogP contribution in [0.5, 0.6) is 0 Å². The molecule has 0 aliphatic carbocycles. The number of anilines is 1. The molecule has 2 amide bonds. The number of hydrogen-bond donors (Lipinski definition) is 2. The normalized spacial score (nSPS) is 11.1. The second kappa shape index (κ2) is 6.21. The highest BCUT2D eigenvalue weighted by molar-refractivity contribution is 5.99. The first-order valence-corrected chi connectivity index (χ1v) is 5.29. The van der Waals surface area contributed by atoms with Crippen LogP contribution < -0.4 is 11.1 Å². The molecule has 0 atom stereocenters. The Balaban J connectivity index is 2.72. The first kappa shape index (κ1) is 13.5. The van der Waals surface area contributed by atoms with Gasteiger partial charge in [-0.3, -0.25) is 9.59 Å². The van der Waals surface area contributed by atoms with E-state index < -0.39 is 5.91 Å². The van der Waals surface area contributed by atoms with Crippen LogP contribution in [0.1, 0.15) is 13.3 Å². The van der Waals surface area contributed by atoms with Crippen LogP contribution in [0.4, 0.5) is 5.69 Å². The summed E-state index contributed by atoms with van der Waals surface area (Å²) >= 11 is 0. The van der Waals surface area contributed by atoms with E-state index in [0.717, 1.165) is 0 Å². The number of amides is 2. The fraction of sp³-hybridized carbons (Fsp3) is 0.154. The lowest BCUT2D eigenvalue weighted by Crippen LogP contribution is -2.17. The van der Waals surface area contributed by atoms with Gasteiger partial charge >= 0.3 is 0 Å². The van der Waals surface area contributed by atoms with Crippen LogP contribution in [0.25, 0.3) is 0 Å². The molecule has 0 unspecified atom stereocenters. The van der Waals surface area contributed by atoms with Gasteiger partial charge in [-0.05, 0) is 24.6 Å². The van der Waals surface area contributed by atoms with Gasteiger partial charge in [-0.2, -0.15) is 5.26 Å². The molecule has 0 aromatic heterocycles. The summed E-state index contributed by atoms with van der Waals surface area (Å²) in [6.07, 6.45) is -0.0409. The summed E-state index contributed by atoms with van der Waals surface area (Å²) in [6, 6.07) is 10.6. The van der Waals surface area contributed by atoms with Crippen molar-refractivity contribution >= 4 is 17.5 Å². The second-order valence-corrected chi connectivity index (χ2v) is 3.72. The first-order valence-electron chi connectivity index (χ1n) is 5.29. The van der Waals surface area contributed by atoms with E-state index >= 15 is 0 Å². The van der Waals surface area contributed by atoms with Gasteiger partial charge in [0.05, 0.1) is 0 Å². The van der Waals surface area contributed by atoms with E-state index in [4.69, 9.17) is 11.0 Å². The Bertz CT molecular complexity index is 527. The first-order chi connectivity index (χ1) is 8.54. The molecule has 0 saturated heterocycles.